The highest BCUT2D eigenvalue weighted by atomic mass is 32.2. The zero-order valence-corrected chi connectivity index (χ0v) is 12.5. The van der Waals surface area contributed by atoms with Gasteiger partial charge >= 0.3 is 0 Å². The van der Waals surface area contributed by atoms with Crippen molar-refractivity contribution in [2.75, 3.05) is 23.8 Å². The lowest BCUT2D eigenvalue weighted by Crippen LogP contribution is -2.18. The van der Waals surface area contributed by atoms with Crippen LogP contribution in [0.4, 0.5) is 0 Å². The maximum atomic E-state index is 5.56. The first-order valence-corrected chi connectivity index (χ1v) is 9.38. The topological polar surface area (TPSA) is 51.0 Å². The van der Waals surface area contributed by atoms with E-state index in [1.54, 1.807) is 0 Å². The number of hydrogen-bond acceptors (Lipinski definition) is 6. The average Bonchev–Trinajstić information content (AvgIpc) is 3.15. The van der Waals surface area contributed by atoms with Gasteiger partial charge < -0.3 is 9.84 Å². The van der Waals surface area contributed by atoms with Crippen molar-refractivity contribution < 1.29 is 4.52 Å². The molecule has 1 aromatic heterocycles. The first-order chi connectivity index (χ1) is 9.42. The lowest BCUT2D eigenvalue weighted by atomic mass is 9.94. The van der Waals surface area contributed by atoms with Crippen LogP contribution in [0.25, 0.3) is 0 Å². The van der Waals surface area contributed by atoms with Crippen LogP contribution in [0.1, 0.15) is 42.3 Å². The van der Waals surface area contributed by atoms with Crippen LogP contribution in [0.2, 0.25) is 0 Å². The fourth-order valence-electron chi connectivity index (χ4n) is 3.60. The van der Waals surface area contributed by atoms with E-state index < -0.39 is 0 Å². The molecule has 1 saturated carbocycles. The molecule has 1 N–H and O–H groups in total. The lowest BCUT2D eigenvalue weighted by Gasteiger charge is -2.17. The van der Waals surface area contributed by atoms with E-state index in [9.17, 15) is 0 Å². The third kappa shape index (κ3) is 2.32. The number of fused-ring (bicyclic) bond motifs is 1. The van der Waals surface area contributed by atoms with Gasteiger partial charge in [-0.05, 0) is 31.2 Å². The Morgan fingerprint density at radius 2 is 2.26 bits per heavy atom. The lowest BCUT2D eigenvalue weighted by molar-refractivity contribution is 0.300. The Bertz CT molecular complexity index is 447. The Balaban J connectivity index is 1.51. The van der Waals surface area contributed by atoms with Crippen molar-refractivity contribution in [1.82, 2.24) is 15.5 Å². The maximum absolute atomic E-state index is 5.56. The molecule has 0 spiro atoms. The van der Waals surface area contributed by atoms with Crippen molar-refractivity contribution in [3.8, 4) is 0 Å². The normalized spacial score (nSPS) is 38.5. The van der Waals surface area contributed by atoms with E-state index in [2.05, 4.69) is 10.5 Å². The van der Waals surface area contributed by atoms with Gasteiger partial charge in [-0.25, -0.2) is 0 Å². The van der Waals surface area contributed by atoms with Gasteiger partial charge in [0.1, 0.15) is 0 Å². The summed E-state index contributed by atoms with van der Waals surface area (Å²) in [6, 6.07) is 0.315. The Labute approximate surface area is 121 Å². The molecule has 1 aromatic rings. The molecule has 2 saturated heterocycles. The van der Waals surface area contributed by atoms with Crippen molar-refractivity contribution in [2.45, 2.75) is 30.6 Å². The summed E-state index contributed by atoms with van der Waals surface area (Å²) in [7, 11) is 0. The molecule has 3 aliphatic rings. The highest BCUT2D eigenvalue weighted by Crippen LogP contribution is 2.44. The van der Waals surface area contributed by atoms with Gasteiger partial charge in [0.15, 0.2) is 5.82 Å². The SMILES string of the molecule is C1CC2CNC(c3nc(C4CSCCS4)no3)C2C1. The molecule has 4 unspecified atom stereocenters. The minimum atomic E-state index is 0.315. The number of hydrogen-bond donors (Lipinski definition) is 1. The van der Waals surface area contributed by atoms with Crippen LogP contribution in [0.5, 0.6) is 0 Å². The highest BCUT2D eigenvalue weighted by Gasteiger charge is 2.42. The summed E-state index contributed by atoms with van der Waals surface area (Å²) in [4.78, 5) is 4.70. The molecular weight excluding hydrogens is 278 g/mol. The van der Waals surface area contributed by atoms with Crippen molar-refractivity contribution in [3.05, 3.63) is 11.7 Å². The Morgan fingerprint density at radius 1 is 1.26 bits per heavy atom. The van der Waals surface area contributed by atoms with E-state index in [0.29, 0.717) is 11.3 Å². The summed E-state index contributed by atoms with van der Waals surface area (Å²) >= 11 is 3.96. The molecule has 3 heterocycles. The van der Waals surface area contributed by atoms with Crippen LogP contribution in [-0.2, 0) is 0 Å². The summed E-state index contributed by atoms with van der Waals surface area (Å²) in [5.74, 6) is 6.87. The molecule has 19 heavy (non-hydrogen) atoms. The third-order valence-electron chi connectivity index (χ3n) is 4.57. The molecular formula is C13H19N3OS2. The molecule has 0 bridgehead atoms. The predicted octanol–water partition coefficient (Wildman–Crippen LogP) is 2.65. The highest BCUT2D eigenvalue weighted by molar-refractivity contribution is 8.06. The van der Waals surface area contributed by atoms with E-state index in [1.165, 1.54) is 30.8 Å². The molecule has 3 fully saturated rings. The molecule has 104 valence electrons. The van der Waals surface area contributed by atoms with Crippen molar-refractivity contribution in [3.63, 3.8) is 0 Å². The van der Waals surface area contributed by atoms with Crippen LogP contribution in [0, 0.1) is 11.8 Å². The first kappa shape index (κ1) is 12.5. The van der Waals surface area contributed by atoms with Crippen molar-refractivity contribution in [1.29, 1.82) is 0 Å². The van der Waals surface area contributed by atoms with Gasteiger partial charge in [0.05, 0.1) is 11.3 Å². The average molecular weight is 297 g/mol. The summed E-state index contributed by atoms with van der Waals surface area (Å²) in [5, 5.41) is 8.25. The summed E-state index contributed by atoms with van der Waals surface area (Å²) in [6.07, 6.45) is 4.04. The van der Waals surface area contributed by atoms with Crippen LogP contribution in [0.15, 0.2) is 4.52 Å². The van der Waals surface area contributed by atoms with E-state index in [-0.39, 0.29) is 0 Å². The van der Waals surface area contributed by atoms with Gasteiger partial charge in [-0.15, -0.1) is 11.8 Å². The first-order valence-electron chi connectivity index (χ1n) is 7.18. The number of nitrogens with one attached hydrogen (secondary N) is 1. The number of aromatic nitrogens is 2. The van der Waals surface area contributed by atoms with Gasteiger partial charge in [0.25, 0.3) is 0 Å². The second kappa shape index (κ2) is 5.30. The number of nitrogens with zero attached hydrogens (tertiary/aromatic N) is 2. The smallest absolute Gasteiger partial charge is 0.244 e. The quantitative estimate of drug-likeness (QED) is 0.905. The van der Waals surface area contributed by atoms with Gasteiger partial charge in [-0.2, -0.15) is 16.7 Å². The largest absolute Gasteiger partial charge is 0.338 e. The number of rotatable bonds is 2. The molecule has 2 aliphatic heterocycles. The molecule has 0 radical (unpaired) electrons. The zero-order valence-electron chi connectivity index (χ0n) is 10.9. The minimum Gasteiger partial charge on any atom is -0.338 e. The Morgan fingerprint density at radius 3 is 3.16 bits per heavy atom. The second-order valence-electron chi connectivity index (χ2n) is 5.67. The minimum absolute atomic E-state index is 0.315. The maximum Gasteiger partial charge on any atom is 0.244 e. The predicted molar refractivity (Wildman–Crippen MR) is 78.4 cm³/mol. The summed E-state index contributed by atoms with van der Waals surface area (Å²) < 4.78 is 5.56. The van der Waals surface area contributed by atoms with Crippen LogP contribution in [0.3, 0.4) is 0 Å². The summed E-state index contributed by atoms with van der Waals surface area (Å²) in [6.45, 7) is 1.13. The molecule has 6 heteroatoms. The molecule has 4 nitrogen and oxygen atoms in total. The van der Waals surface area contributed by atoms with Crippen LogP contribution < -0.4 is 5.32 Å². The standard InChI is InChI=1S/C13H19N3OS2/c1-2-8-6-14-11(9(8)3-1)13-15-12(16-17-13)10-7-18-4-5-19-10/h8-11,14H,1-7H2. The second-order valence-corrected chi connectivity index (χ2v) is 8.13. The fraction of sp³-hybridized carbons (Fsp3) is 0.846. The molecule has 1 aliphatic carbocycles. The molecule has 0 aromatic carbocycles. The number of thioether (sulfide) groups is 2. The Kier molecular flexibility index (Phi) is 3.49. The van der Waals surface area contributed by atoms with Gasteiger partial charge in [0.2, 0.25) is 5.89 Å². The van der Waals surface area contributed by atoms with E-state index in [0.717, 1.165) is 35.8 Å². The molecule has 4 rings (SSSR count). The van der Waals surface area contributed by atoms with Crippen molar-refractivity contribution >= 4 is 23.5 Å². The zero-order chi connectivity index (χ0) is 12.7. The molecule has 0 amide bonds. The van der Waals surface area contributed by atoms with Gasteiger partial charge in [-0.3, -0.25) is 0 Å². The van der Waals surface area contributed by atoms with Gasteiger partial charge in [-0.1, -0.05) is 11.6 Å². The van der Waals surface area contributed by atoms with Gasteiger partial charge in [0, 0.05) is 17.3 Å². The summed E-state index contributed by atoms with van der Waals surface area (Å²) in [5.41, 5.74) is 0. The van der Waals surface area contributed by atoms with Crippen molar-refractivity contribution in [2.24, 2.45) is 11.8 Å². The third-order valence-corrected chi connectivity index (χ3v) is 7.32. The van der Waals surface area contributed by atoms with E-state index in [1.807, 2.05) is 23.5 Å². The monoisotopic (exact) mass is 297 g/mol. The Hall–Kier alpha value is -0.200. The van der Waals surface area contributed by atoms with E-state index >= 15 is 0 Å². The van der Waals surface area contributed by atoms with Crippen LogP contribution >= 0.6 is 23.5 Å². The fourth-order valence-corrected chi connectivity index (χ4v) is 6.19. The molecule has 4 atom stereocenters. The van der Waals surface area contributed by atoms with E-state index in [4.69, 9.17) is 9.51 Å². The van der Waals surface area contributed by atoms with Crippen LogP contribution in [-0.4, -0.2) is 33.9 Å².